The van der Waals surface area contributed by atoms with Crippen LogP contribution in [0.1, 0.15) is 0 Å². The van der Waals surface area contributed by atoms with Crippen molar-refractivity contribution in [2.24, 2.45) is 0 Å². The Morgan fingerprint density at radius 2 is 0.750 bits per heavy atom. The van der Waals surface area contributed by atoms with Crippen LogP contribution in [0.5, 0.6) is 0 Å². The van der Waals surface area contributed by atoms with Crippen LogP contribution < -0.4 is 4.90 Å². The van der Waals surface area contributed by atoms with Gasteiger partial charge in [-0.2, -0.15) is 0 Å². The molecule has 0 saturated carbocycles. The van der Waals surface area contributed by atoms with Crippen LogP contribution in [-0.4, -0.2) is 4.57 Å². The van der Waals surface area contributed by atoms with Gasteiger partial charge >= 0.3 is 0 Å². The lowest BCUT2D eigenvalue weighted by Gasteiger charge is -2.27. The highest BCUT2D eigenvalue weighted by Crippen LogP contribution is 2.42. The molecule has 0 atom stereocenters. The Labute approximate surface area is 373 Å². The van der Waals surface area contributed by atoms with E-state index in [1.165, 1.54) is 87.9 Å². The monoisotopic (exact) mass is 814 g/mol. The third kappa shape index (κ3) is 6.70. The number of para-hydroxylation sites is 1. The van der Waals surface area contributed by atoms with Crippen LogP contribution in [0.25, 0.3) is 93.5 Å². The van der Waals surface area contributed by atoms with Crippen LogP contribution in [0.4, 0.5) is 17.1 Å². The first-order chi connectivity index (χ1) is 31.7. The molecule has 0 aliphatic rings. The molecule has 1 heterocycles. The van der Waals surface area contributed by atoms with Gasteiger partial charge in [0.25, 0.3) is 0 Å². The molecule has 12 rings (SSSR count). The standard InChI is InChI=1S/C62H42N2/c1-2-13-43(14-3-1)49-19-10-20-50(39-49)47-31-35-54(36-32-47)64-61-25-9-8-24-58(61)59-38-34-53(42-62(59)64)46-29-27-45(28-30-46)52-21-11-22-55(40-52)63(56-37-33-44-15-4-5-17-51(44)41-56)60-26-12-18-48-16-6-7-23-57(48)60/h1-42H. The highest BCUT2D eigenvalue weighted by atomic mass is 15.1. The van der Waals surface area contributed by atoms with E-state index in [1.54, 1.807) is 0 Å². The molecule has 0 N–H and O–H groups in total. The molecule has 11 aromatic carbocycles. The fourth-order valence-corrected chi connectivity index (χ4v) is 9.57. The molecular formula is C62H42N2. The summed E-state index contributed by atoms with van der Waals surface area (Å²) in [7, 11) is 0. The third-order valence-corrected chi connectivity index (χ3v) is 12.8. The number of fused-ring (bicyclic) bond motifs is 5. The number of hydrogen-bond donors (Lipinski definition) is 0. The Morgan fingerprint density at radius 1 is 0.250 bits per heavy atom. The fraction of sp³-hybridized carbons (Fsp3) is 0. The van der Waals surface area contributed by atoms with E-state index in [0.717, 1.165) is 22.7 Å². The highest BCUT2D eigenvalue weighted by Gasteiger charge is 2.18. The second-order valence-electron chi connectivity index (χ2n) is 16.6. The predicted octanol–water partition coefficient (Wildman–Crippen LogP) is 17.2. The lowest BCUT2D eigenvalue weighted by atomic mass is 9.98. The summed E-state index contributed by atoms with van der Waals surface area (Å²) in [5.41, 5.74) is 16.5. The van der Waals surface area contributed by atoms with Crippen LogP contribution in [0.3, 0.4) is 0 Å². The molecule has 0 radical (unpaired) electrons. The van der Waals surface area contributed by atoms with Gasteiger partial charge in [0.05, 0.1) is 16.7 Å². The highest BCUT2D eigenvalue weighted by molar-refractivity contribution is 6.10. The minimum absolute atomic E-state index is 1.11. The Morgan fingerprint density at radius 3 is 1.52 bits per heavy atom. The van der Waals surface area contributed by atoms with Crippen molar-refractivity contribution in [1.82, 2.24) is 4.57 Å². The van der Waals surface area contributed by atoms with Crippen LogP contribution in [0.2, 0.25) is 0 Å². The van der Waals surface area contributed by atoms with E-state index in [9.17, 15) is 0 Å². The quantitative estimate of drug-likeness (QED) is 0.148. The Hall–Kier alpha value is -8.46. The van der Waals surface area contributed by atoms with E-state index in [4.69, 9.17) is 0 Å². The fourth-order valence-electron chi connectivity index (χ4n) is 9.57. The van der Waals surface area contributed by atoms with Gasteiger partial charge in [-0.1, -0.05) is 194 Å². The number of rotatable bonds is 8. The van der Waals surface area contributed by atoms with Crippen LogP contribution in [-0.2, 0) is 0 Å². The van der Waals surface area contributed by atoms with Crippen molar-refractivity contribution < 1.29 is 0 Å². The van der Waals surface area contributed by atoms with Gasteiger partial charge in [-0.25, -0.2) is 0 Å². The van der Waals surface area contributed by atoms with Gasteiger partial charge in [0.2, 0.25) is 0 Å². The van der Waals surface area contributed by atoms with Gasteiger partial charge in [0.15, 0.2) is 0 Å². The van der Waals surface area contributed by atoms with E-state index in [0.29, 0.717) is 0 Å². The first kappa shape index (κ1) is 37.3. The lowest BCUT2D eigenvalue weighted by Crippen LogP contribution is -2.10. The maximum Gasteiger partial charge on any atom is 0.0547 e. The van der Waals surface area contributed by atoms with E-state index in [1.807, 2.05) is 0 Å². The van der Waals surface area contributed by atoms with Crippen LogP contribution in [0.15, 0.2) is 255 Å². The van der Waals surface area contributed by atoms with Crippen molar-refractivity contribution in [3.63, 3.8) is 0 Å². The lowest BCUT2D eigenvalue weighted by molar-refractivity contribution is 1.18. The summed E-state index contributed by atoms with van der Waals surface area (Å²) < 4.78 is 2.41. The normalized spacial score (nSPS) is 11.4. The molecule has 2 heteroatoms. The first-order valence-electron chi connectivity index (χ1n) is 22.0. The summed E-state index contributed by atoms with van der Waals surface area (Å²) in [5, 5.41) is 7.37. The van der Waals surface area contributed by atoms with E-state index >= 15 is 0 Å². The molecule has 64 heavy (non-hydrogen) atoms. The van der Waals surface area contributed by atoms with Crippen molar-refractivity contribution >= 4 is 60.4 Å². The van der Waals surface area contributed by atoms with Crippen LogP contribution in [0, 0.1) is 0 Å². The zero-order valence-corrected chi connectivity index (χ0v) is 35.1. The molecule has 0 unspecified atom stereocenters. The van der Waals surface area contributed by atoms with Gasteiger partial charge < -0.3 is 9.47 Å². The molecule has 0 spiro atoms. The molecule has 300 valence electrons. The molecule has 0 saturated heterocycles. The molecule has 2 nitrogen and oxygen atoms in total. The molecule has 12 aromatic rings. The summed E-state index contributed by atoms with van der Waals surface area (Å²) in [6.45, 7) is 0. The Kier molecular flexibility index (Phi) is 9.20. The van der Waals surface area contributed by atoms with E-state index < -0.39 is 0 Å². The molecule has 0 amide bonds. The SMILES string of the molecule is c1ccc(-c2cccc(-c3ccc(-n4c5ccccc5c5ccc(-c6ccc(-c7cccc(N(c8ccc9ccccc9c8)c8cccc9ccccc89)c7)cc6)cc54)cc3)c2)cc1. The molecule has 0 bridgehead atoms. The number of anilines is 3. The maximum atomic E-state index is 2.41. The van der Waals surface area contributed by atoms with Gasteiger partial charge in [-0.05, 0) is 121 Å². The number of nitrogens with zero attached hydrogens (tertiary/aromatic N) is 2. The molecule has 0 aliphatic carbocycles. The van der Waals surface area contributed by atoms with Crippen LogP contribution >= 0.6 is 0 Å². The molecule has 1 aromatic heterocycles. The second kappa shape index (κ2) is 15.8. The smallest absolute Gasteiger partial charge is 0.0547 e. The first-order valence-corrected chi connectivity index (χ1v) is 22.0. The maximum absolute atomic E-state index is 2.41. The average Bonchev–Trinajstić information content (AvgIpc) is 3.70. The summed E-state index contributed by atoms with van der Waals surface area (Å²) in [6, 6.07) is 92.7. The van der Waals surface area contributed by atoms with E-state index in [2.05, 4.69) is 264 Å². The minimum atomic E-state index is 1.11. The number of aromatic nitrogens is 1. The molecular weight excluding hydrogens is 773 g/mol. The Balaban J connectivity index is 0.893. The van der Waals surface area contributed by atoms with Gasteiger partial charge in [0, 0.05) is 33.2 Å². The second-order valence-corrected chi connectivity index (χ2v) is 16.6. The van der Waals surface area contributed by atoms with Crippen molar-refractivity contribution in [3.8, 4) is 50.2 Å². The van der Waals surface area contributed by atoms with Crippen molar-refractivity contribution in [2.75, 3.05) is 4.90 Å². The predicted molar refractivity (Wildman–Crippen MR) is 272 cm³/mol. The van der Waals surface area contributed by atoms with Gasteiger partial charge in [-0.15, -0.1) is 0 Å². The van der Waals surface area contributed by atoms with Gasteiger partial charge in [0.1, 0.15) is 0 Å². The molecule has 0 aliphatic heterocycles. The Bertz CT molecular complexity index is 3650. The summed E-state index contributed by atoms with van der Waals surface area (Å²) in [4.78, 5) is 2.40. The topological polar surface area (TPSA) is 8.17 Å². The third-order valence-electron chi connectivity index (χ3n) is 12.8. The van der Waals surface area contributed by atoms with Crippen molar-refractivity contribution in [3.05, 3.63) is 255 Å². The van der Waals surface area contributed by atoms with Gasteiger partial charge in [-0.3, -0.25) is 0 Å². The largest absolute Gasteiger partial charge is 0.310 e. The summed E-state index contributed by atoms with van der Waals surface area (Å²) in [6.07, 6.45) is 0. The zero-order valence-electron chi connectivity index (χ0n) is 35.1. The van der Waals surface area contributed by atoms with Crippen molar-refractivity contribution in [1.29, 1.82) is 0 Å². The zero-order chi connectivity index (χ0) is 42.4. The molecule has 0 fully saturated rings. The number of hydrogen-bond acceptors (Lipinski definition) is 1. The van der Waals surface area contributed by atoms with E-state index in [-0.39, 0.29) is 0 Å². The summed E-state index contributed by atoms with van der Waals surface area (Å²) in [5.74, 6) is 0. The summed E-state index contributed by atoms with van der Waals surface area (Å²) >= 11 is 0. The average molecular weight is 815 g/mol. The number of benzene rings is 11. The van der Waals surface area contributed by atoms with Crippen molar-refractivity contribution in [2.45, 2.75) is 0 Å². The minimum Gasteiger partial charge on any atom is -0.310 e.